The Bertz CT molecular complexity index is 1430. The number of ether oxygens (including phenoxy) is 1. The van der Waals surface area contributed by atoms with Gasteiger partial charge in [-0.05, 0) is 24.1 Å². The van der Waals surface area contributed by atoms with Crippen LogP contribution in [0.2, 0.25) is 0 Å². The van der Waals surface area contributed by atoms with Crippen LogP contribution in [0.25, 0.3) is 11.0 Å². The molecule has 2 unspecified atom stereocenters. The minimum absolute atomic E-state index is 0.257. The molecule has 2 aromatic carbocycles. The molecule has 2 aliphatic heterocycles. The summed E-state index contributed by atoms with van der Waals surface area (Å²) in [6.45, 7) is 1.39. The molecule has 198 valence electrons. The second kappa shape index (κ2) is 9.55. The lowest BCUT2D eigenvalue weighted by molar-refractivity contribution is -0.149. The van der Waals surface area contributed by atoms with E-state index in [-0.39, 0.29) is 5.82 Å². The first-order chi connectivity index (χ1) is 18.2. The molecule has 4 aromatic rings. The van der Waals surface area contributed by atoms with Gasteiger partial charge in [0.15, 0.2) is 6.23 Å². The van der Waals surface area contributed by atoms with Gasteiger partial charge in [-0.2, -0.15) is 0 Å². The highest BCUT2D eigenvalue weighted by Gasteiger charge is 2.57. The number of nitrogens with zero attached hydrogens (tertiary/aromatic N) is 3. The predicted octanol–water partition coefficient (Wildman–Crippen LogP) is 4.02. The van der Waals surface area contributed by atoms with Crippen molar-refractivity contribution in [3.05, 3.63) is 90.4 Å². The van der Waals surface area contributed by atoms with Gasteiger partial charge in [-0.25, -0.2) is 14.5 Å². The molecule has 0 spiro atoms. The second-order valence-electron chi connectivity index (χ2n) is 9.54. The number of phosphoric ester groups is 1. The fraction of sp³-hybridized carbons (Fsp3) is 0.308. The summed E-state index contributed by atoms with van der Waals surface area (Å²) in [5.74, 6) is 0.257. The first kappa shape index (κ1) is 25.1. The molecule has 2 fully saturated rings. The number of aromatic nitrogens is 3. The highest BCUT2D eigenvalue weighted by Crippen LogP contribution is 2.63. The van der Waals surface area contributed by atoms with Crippen molar-refractivity contribution in [2.75, 3.05) is 5.73 Å². The van der Waals surface area contributed by atoms with E-state index in [1.165, 1.54) is 17.8 Å². The van der Waals surface area contributed by atoms with Crippen LogP contribution in [-0.2, 0) is 22.9 Å². The molecule has 0 amide bonds. The largest absolute Gasteiger partial charge is 0.478 e. The van der Waals surface area contributed by atoms with Crippen LogP contribution in [0.1, 0.15) is 42.9 Å². The topological polar surface area (TPSA) is 151 Å². The molecule has 6 rings (SSSR count). The molecule has 4 heterocycles. The summed E-state index contributed by atoms with van der Waals surface area (Å²) in [6, 6.07) is 20.4. The third kappa shape index (κ3) is 4.42. The van der Waals surface area contributed by atoms with Crippen LogP contribution in [0, 0.1) is 0 Å². The zero-order valence-corrected chi connectivity index (χ0v) is 21.3. The van der Waals surface area contributed by atoms with Gasteiger partial charge in [0.25, 0.3) is 0 Å². The summed E-state index contributed by atoms with van der Waals surface area (Å²) in [7, 11) is -4.31. The maximum Gasteiger partial charge on any atom is 0.478 e. The van der Waals surface area contributed by atoms with Gasteiger partial charge in [0, 0.05) is 12.6 Å². The first-order valence-corrected chi connectivity index (χ1v) is 13.6. The average Bonchev–Trinajstić information content (AvgIpc) is 3.44. The highest BCUT2D eigenvalue weighted by molar-refractivity contribution is 7.48. The molecule has 38 heavy (non-hydrogen) atoms. The molecule has 2 saturated heterocycles. The lowest BCUT2D eigenvalue weighted by Gasteiger charge is -2.35. The molecule has 0 saturated carbocycles. The molecule has 0 aliphatic carbocycles. The van der Waals surface area contributed by atoms with Crippen molar-refractivity contribution in [1.29, 1.82) is 0 Å². The summed E-state index contributed by atoms with van der Waals surface area (Å²) >= 11 is 0. The van der Waals surface area contributed by atoms with Gasteiger partial charge in [-0.1, -0.05) is 60.7 Å². The van der Waals surface area contributed by atoms with Crippen LogP contribution < -0.4 is 5.73 Å². The van der Waals surface area contributed by atoms with Crippen molar-refractivity contribution in [2.45, 2.75) is 49.8 Å². The number of benzene rings is 2. The summed E-state index contributed by atoms with van der Waals surface area (Å²) in [5.41, 5.74) is 6.07. The number of aliphatic hydroxyl groups excluding tert-OH is 1. The predicted molar refractivity (Wildman–Crippen MR) is 136 cm³/mol. The Balaban J connectivity index is 1.30. The lowest BCUT2D eigenvalue weighted by Crippen LogP contribution is -2.44. The van der Waals surface area contributed by atoms with Gasteiger partial charge in [0.2, 0.25) is 6.29 Å². The molecule has 12 heteroatoms. The van der Waals surface area contributed by atoms with Crippen molar-refractivity contribution in [1.82, 2.24) is 14.5 Å². The average molecular weight is 538 g/mol. The number of hydrogen-bond donors (Lipinski definition) is 3. The van der Waals surface area contributed by atoms with Gasteiger partial charge in [0.05, 0.1) is 17.6 Å². The van der Waals surface area contributed by atoms with Gasteiger partial charge < -0.3 is 25.3 Å². The molecular formula is C26H27N4O7P. The third-order valence-corrected chi connectivity index (χ3v) is 8.42. The van der Waals surface area contributed by atoms with Gasteiger partial charge in [-0.15, -0.1) is 0 Å². The maximum absolute atomic E-state index is 14.0. The van der Waals surface area contributed by atoms with Crippen molar-refractivity contribution in [3.63, 3.8) is 0 Å². The zero-order valence-electron chi connectivity index (χ0n) is 20.4. The van der Waals surface area contributed by atoms with Crippen LogP contribution in [0.15, 0.2) is 79.3 Å². The van der Waals surface area contributed by atoms with Crippen LogP contribution in [0.5, 0.6) is 0 Å². The van der Waals surface area contributed by atoms with E-state index in [9.17, 15) is 14.8 Å². The van der Waals surface area contributed by atoms with Crippen LogP contribution >= 0.6 is 7.82 Å². The number of anilines is 1. The molecule has 11 nitrogen and oxygen atoms in total. The van der Waals surface area contributed by atoms with E-state index >= 15 is 0 Å². The van der Waals surface area contributed by atoms with E-state index in [4.69, 9.17) is 24.0 Å². The fourth-order valence-corrected chi connectivity index (χ4v) is 6.50. The Morgan fingerprint density at radius 2 is 1.63 bits per heavy atom. The Labute approximate surface area is 218 Å². The van der Waals surface area contributed by atoms with E-state index in [0.717, 1.165) is 11.1 Å². The SMILES string of the molecule is C[C@@]1(O)[C@H](O)C(OP2(=O)O[C@H](c3ccccc3)C[C@H](c3ccccc3)O2)O[C@H]1n1ccc2c(N)ncnc21. The van der Waals surface area contributed by atoms with E-state index in [2.05, 4.69) is 9.97 Å². The Morgan fingerprint density at radius 1 is 1.03 bits per heavy atom. The molecule has 0 bridgehead atoms. The lowest BCUT2D eigenvalue weighted by atomic mass is 9.99. The van der Waals surface area contributed by atoms with Crippen LogP contribution in [0.3, 0.4) is 0 Å². The normalized spacial score (nSPS) is 33.5. The summed E-state index contributed by atoms with van der Waals surface area (Å²) in [4.78, 5) is 8.20. The summed E-state index contributed by atoms with van der Waals surface area (Å²) < 4.78 is 39.0. The summed E-state index contributed by atoms with van der Waals surface area (Å²) in [6.07, 6.45) is -2.22. The number of hydrogen-bond acceptors (Lipinski definition) is 10. The van der Waals surface area contributed by atoms with Crippen molar-refractivity contribution in [2.24, 2.45) is 0 Å². The highest BCUT2D eigenvalue weighted by atomic mass is 31.2. The van der Waals surface area contributed by atoms with E-state index in [0.29, 0.717) is 17.5 Å². The van der Waals surface area contributed by atoms with Gasteiger partial charge in [0.1, 0.15) is 29.5 Å². The molecule has 2 aromatic heterocycles. The Morgan fingerprint density at radius 3 is 2.24 bits per heavy atom. The number of rotatable bonds is 5. The zero-order chi connectivity index (χ0) is 26.5. The van der Waals surface area contributed by atoms with Crippen molar-refractivity contribution < 1.29 is 33.1 Å². The monoisotopic (exact) mass is 538 g/mol. The van der Waals surface area contributed by atoms with Crippen LogP contribution in [0.4, 0.5) is 5.82 Å². The van der Waals surface area contributed by atoms with Crippen molar-refractivity contribution >= 4 is 24.7 Å². The summed E-state index contributed by atoms with van der Waals surface area (Å²) in [5, 5.41) is 22.8. The standard InChI is InChI=1S/C26H27N4O7P/c1-26(32)21(31)24(34-25(26)30-13-12-18-22(27)28-15-29-23(18)30)37-38(33)35-19(16-8-4-2-5-9-16)14-20(36-38)17-10-6-3-7-11-17/h2-13,15,19-21,24-25,31-32H,14H2,1H3,(H2,27,28,29)/t19-,20+,21-,24?,25-,26-,38?/m1/s1. The third-order valence-electron chi connectivity index (χ3n) is 6.93. The first-order valence-electron chi connectivity index (χ1n) is 12.1. The van der Waals surface area contributed by atoms with E-state index in [1.807, 2.05) is 60.7 Å². The number of aliphatic hydroxyl groups is 2. The number of nitrogen functional groups attached to an aromatic ring is 1. The minimum Gasteiger partial charge on any atom is -0.385 e. The minimum atomic E-state index is -4.31. The van der Waals surface area contributed by atoms with Gasteiger partial charge >= 0.3 is 7.82 Å². The Kier molecular flexibility index (Phi) is 6.32. The molecule has 2 aliphatic rings. The number of nitrogens with two attached hydrogens (primary N) is 1. The second-order valence-corrected chi connectivity index (χ2v) is 11.1. The van der Waals surface area contributed by atoms with Crippen molar-refractivity contribution in [3.8, 4) is 0 Å². The number of phosphoric acid groups is 1. The smallest absolute Gasteiger partial charge is 0.385 e. The van der Waals surface area contributed by atoms with E-state index < -0.39 is 44.3 Å². The quantitative estimate of drug-likeness (QED) is 0.318. The molecular weight excluding hydrogens is 511 g/mol. The Hall–Kier alpha value is -3.15. The number of fused-ring (bicyclic) bond motifs is 1. The van der Waals surface area contributed by atoms with Crippen LogP contribution in [-0.4, -0.2) is 42.7 Å². The fourth-order valence-electron chi connectivity index (χ4n) is 4.89. The maximum atomic E-state index is 14.0. The molecule has 0 radical (unpaired) electrons. The van der Waals surface area contributed by atoms with E-state index in [1.54, 1.807) is 12.3 Å². The molecule has 7 atom stereocenters. The molecule has 4 N–H and O–H groups in total. The van der Waals surface area contributed by atoms with Gasteiger partial charge in [-0.3, -0.25) is 13.6 Å².